The summed E-state index contributed by atoms with van der Waals surface area (Å²) in [6.07, 6.45) is 0. The van der Waals surface area contributed by atoms with E-state index in [1.165, 1.54) is 57.6 Å². The van der Waals surface area contributed by atoms with Gasteiger partial charge in [-0.2, -0.15) is 0 Å². The summed E-state index contributed by atoms with van der Waals surface area (Å²) >= 11 is 9.15. The molecule has 0 saturated heterocycles. The molecule has 0 fully saturated rings. The zero-order valence-electron chi connectivity index (χ0n) is 14.0. The minimum absolute atomic E-state index is 0.0496. The van der Waals surface area contributed by atoms with Crippen LogP contribution in [-0.4, -0.2) is 42.3 Å². The zero-order valence-corrected chi connectivity index (χ0v) is 18.0. The van der Waals surface area contributed by atoms with Gasteiger partial charge >= 0.3 is 0 Å². The third-order valence-corrected chi connectivity index (χ3v) is 7.38. The van der Waals surface area contributed by atoms with Crippen LogP contribution in [0.25, 0.3) is 0 Å². The maximum Gasteiger partial charge on any atom is 0.265 e. The van der Waals surface area contributed by atoms with Crippen molar-refractivity contribution in [3.8, 4) is 5.75 Å². The first-order chi connectivity index (χ1) is 12.0. The summed E-state index contributed by atoms with van der Waals surface area (Å²) in [5.41, 5.74) is 0.195. The molecule has 0 aliphatic heterocycles. The standard InChI is InChI=1S/C15H16BrClN2O5S2/c1-19(2)26(22,23)12-6-4-11(5-7-12)18-25(20,21)14-9-10(17)8-13(16)15(14)24-3/h4-9,18H,1-3H3. The van der Waals surface area contributed by atoms with Gasteiger partial charge < -0.3 is 4.74 Å². The Morgan fingerprint density at radius 2 is 1.65 bits per heavy atom. The first kappa shape index (κ1) is 21.0. The fourth-order valence-corrected chi connectivity index (χ4v) is 5.40. The van der Waals surface area contributed by atoms with Gasteiger partial charge in [-0.1, -0.05) is 11.6 Å². The molecule has 2 rings (SSSR count). The van der Waals surface area contributed by atoms with E-state index in [1.54, 1.807) is 0 Å². The number of nitrogens with one attached hydrogen (secondary N) is 1. The molecule has 0 aliphatic carbocycles. The van der Waals surface area contributed by atoms with Gasteiger partial charge in [0.25, 0.3) is 10.0 Å². The van der Waals surface area contributed by atoms with Crippen molar-refractivity contribution in [1.29, 1.82) is 0 Å². The van der Waals surface area contributed by atoms with Crippen LogP contribution in [0.3, 0.4) is 0 Å². The number of methoxy groups -OCH3 is 1. The number of ether oxygens (including phenoxy) is 1. The van der Waals surface area contributed by atoms with Crippen LogP contribution in [0, 0.1) is 0 Å². The van der Waals surface area contributed by atoms with Crippen molar-refractivity contribution in [1.82, 2.24) is 4.31 Å². The SMILES string of the molecule is COc1c(Br)cc(Cl)cc1S(=O)(=O)Nc1ccc(S(=O)(=O)N(C)C)cc1. The van der Waals surface area contributed by atoms with Crippen molar-refractivity contribution < 1.29 is 21.6 Å². The second kappa shape index (κ2) is 7.73. The summed E-state index contributed by atoms with van der Waals surface area (Å²) in [4.78, 5) is -0.0992. The Kier molecular flexibility index (Phi) is 6.24. The summed E-state index contributed by atoms with van der Waals surface area (Å²) in [5.74, 6) is 0.105. The van der Waals surface area contributed by atoms with Gasteiger partial charge in [0.05, 0.1) is 16.5 Å². The minimum atomic E-state index is -4.02. The average molecular weight is 484 g/mol. The quantitative estimate of drug-likeness (QED) is 0.681. The second-order valence-electron chi connectivity index (χ2n) is 5.34. The highest BCUT2D eigenvalue weighted by Gasteiger charge is 2.23. The van der Waals surface area contributed by atoms with E-state index in [9.17, 15) is 16.8 Å². The molecule has 11 heteroatoms. The molecule has 0 aliphatic rings. The van der Waals surface area contributed by atoms with Gasteiger partial charge in [0.15, 0.2) is 5.75 Å². The number of sulfonamides is 2. The summed E-state index contributed by atoms with van der Waals surface area (Å²) in [7, 11) is -3.45. The maximum atomic E-state index is 12.7. The van der Waals surface area contributed by atoms with E-state index in [1.807, 2.05) is 0 Å². The van der Waals surface area contributed by atoms with Gasteiger partial charge in [-0.25, -0.2) is 21.1 Å². The third kappa shape index (κ3) is 4.32. The van der Waals surface area contributed by atoms with Crippen LogP contribution in [0.5, 0.6) is 5.75 Å². The molecule has 2 aromatic rings. The van der Waals surface area contributed by atoms with Crippen molar-refractivity contribution in [2.24, 2.45) is 0 Å². The first-order valence-corrected chi connectivity index (χ1v) is 11.2. The van der Waals surface area contributed by atoms with Crippen LogP contribution in [0.2, 0.25) is 5.02 Å². The molecule has 0 spiro atoms. The third-order valence-electron chi connectivity index (χ3n) is 3.35. The van der Waals surface area contributed by atoms with Crippen LogP contribution in [0.4, 0.5) is 5.69 Å². The molecular weight excluding hydrogens is 468 g/mol. The summed E-state index contributed by atoms with van der Waals surface area (Å²) in [6.45, 7) is 0. The van der Waals surface area contributed by atoms with Crippen LogP contribution in [0.15, 0.2) is 50.7 Å². The molecule has 0 heterocycles. The Morgan fingerprint density at radius 1 is 1.08 bits per heavy atom. The normalized spacial score (nSPS) is 12.2. The number of hydrogen-bond acceptors (Lipinski definition) is 5. The molecule has 2 aromatic carbocycles. The van der Waals surface area contributed by atoms with E-state index >= 15 is 0 Å². The highest BCUT2D eigenvalue weighted by Crippen LogP contribution is 2.36. The molecule has 0 saturated carbocycles. The van der Waals surface area contributed by atoms with Gasteiger partial charge in [-0.15, -0.1) is 0 Å². The van der Waals surface area contributed by atoms with Crippen molar-refractivity contribution >= 4 is 53.3 Å². The number of nitrogens with zero attached hydrogens (tertiary/aromatic N) is 1. The lowest BCUT2D eigenvalue weighted by Crippen LogP contribution is -2.22. The Labute approximate surface area is 166 Å². The van der Waals surface area contributed by atoms with Crippen molar-refractivity contribution in [2.75, 3.05) is 25.9 Å². The van der Waals surface area contributed by atoms with E-state index < -0.39 is 20.0 Å². The van der Waals surface area contributed by atoms with E-state index in [4.69, 9.17) is 16.3 Å². The van der Waals surface area contributed by atoms with Gasteiger partial charge in [0.1, 0.15) is 4.90 Å². The number of halogens is 2. The number of anilines is 1. The molecule has 0 bridgehead atoms. The van der Waals surface area contributed by atoms with E-state index in [2.05, 4.69) is 20.7 Å². The Balaban J connectivity index is 2.40. The van der Waals surface area contributed by atoms with E-state index in [0.717, 1.165) is 4.31 Å². The average Bonchev–Trinajstić information content (AvgIpc) is 2.54. The summed E-state index contributed by atoms with van der Waals surface area (Å²) in [6, 6.07) is 8.13. The van der Waals surface area contributed by atoms with Gasteiger partial charge in [0.2, 0.25) is 10.0 Å². The van der Waals surface area contributed by atoms with E-state index in [-0.39, 0.29) is 26.3 Å². The Hall–Kier alpha value is -1.33. The topological polar surface area (TPSA) is 92.8 Å². The summed E-state index contributed by atoms with van der Waals surface area (Å²) < 4.78 is 58.4. The second-order valence-corrected chi connectivity index (χ2v) is 10.4. The molecule has 0 amide bonds. The molecule has 0 unspecified atom stereocenters. The minimum Gasteiger partial charge on any atom is -0.494 e. The van der Waals surface area contributed by atoms with Gasteiger partial charge in [0, 0.05) is 24.8 Å². The lowest BCUT2D eigenvalue weighted by Gasteiger charge is -2.14. The molecular formula is C15H16BrClN2O5S2. The number of hydrogen-bond donors (Lipinski definition) is 1. The molecule has 0 atom stereocenters. The van der Waals surface area contributed by atoms with Gasteiger partial charge in [-0.05, 0) is 52.3 Å². The lowest BCUT2D eigenvalue weighted by molar-refractivity contribution is 0.400. The van der Waals surface area contributed by atoms with Gasteiger partial charge in [-0.3, -0.25) is 4.72 Å². The molecule has 0 aromatic heterocycles. The smallest absolute Gasteiger partial charge is 0.265 e. The Morgan fingerprint density at radius 3 is 2.15 bits per heavy atom. The highest BCUT2D eigenvalue weighted by atomic mass is 79.9. The van der Waals surface area contributed by atoms with Crippen LogP contribution in [0.1, 0.15) is 0 Å². The van der Waals surface area contributed by atoms with E-state index in [0.29, 0.717) is 4.47 Å². The number of rotatable bonds is 6. The monoisotopic (exact) mass is 482 g/mol. The Bertz CT molecular complexity index is 1020. The van der Waals surface area contributed by atoms with Crippen molar-refractivity contribution in [2.45, 2.75) is 9.79 Å². The molecule has 26 heavy (non-hydrogen) atoms. The fraction of sp³-hybridized carbons (Fsp3) is 0.200. The predicted octanol–water partition coefficient (Wildman–Crippen LogP) is 3.16. The molecule has 1 N–H and O–H groups in total. The summed E-state index contributed by atoms with van der Waals surface area (Å²) in [5, 5.41) is 0.213. The maximum absolute atomic E-state index is 12.7. The fourth-order valence-electron chi connectivity index (χ4n) is 2.05. The zero-order chi connectivity index (χ0) is 19.7. The van der Waals surface area contributed by atoms with Crippen LogP contribution in [-0.2, 0) is 20.0 Å². The first-order valence-electron chi connectivity index (χ1n) is 7.07. The van der Waals surface area contributed by atoms with Crippen molar-refractivity contribution in [3.63, 3.8) is 0 Å². The largest absolute Gasteiger partial charge is 0.494 e. The molecule has 7 nitrogen and oxygen atoms in total. The number of benzene rings is 2. The van der Waals surface area contributed by atoms with Crippen molar-refractivity contribution in [3.05, 3.63) is 45.9 Å². The van der Waals surface area contributed by atoms with Crippen LogP contribution >= 0.6 is 27.5 Å². The highest BCUT2D eigenvalue weighted by molar-refractivity contribution is 9.10. The lowest BCUT2D eigenvalue weighted by atomic mass is 10.3. The predicted molar refractivity (Wildman–Crippen MR) is 104 cm³/mol. The molecule has 142 valence electrons. The van der Waals surface area contributed by atoms with Crippen LogP contribution < -0.4 is 9.46 Å². The molecule has 0 radical (unpaired) electrons.